The van der Waals surface area contributed by atoms with Crippen LogP contribution >= 0.6 is 11.6 Å². The molecule has 6 nitrogen and oxygen atoms in total. The van der Waals surface area contributed by atoms with Crippen molar-refractivity contribution in [1.82, 2.24) is 0 Å². The molecule has 0 aromatic heterocycles. The van der Waals surface area contributed by atoms with Gasteiger partial charge in [-0.05, 0) is 11.6 Å². The molecule has 2 rings (SSSR count). The summed E-state index contributed by atoms with van der Waals surface area (Å²) in [4.78, 5) is 21.7. The van der Waals surface area contributed by atoms with Gasteiger partial charge in [0.15, 0.2) is 6.10 Å². The highest BCUT2D eigenvalue weighted by Crippen LogP contribution is 2.39. The van der Waals surface area contributed by atoms with Crippen LogP contribution in [0.4, 0.5) is 9.59 Å². The van der Waals surface area contributed by atoms with Gasteiger partial charge >= 0.3 is 12.2 Å². The van der Waals surface area contributed by atoms with Crippen molar-refractivity contribution in [3.63, 3.8) is 0 Å². The van der Waals surface area contributed by atoms with Gasteiger partial charge in [-0.15, -0.1) is 0 Å². The molecule has 0 fully saturated rings. The van der Waals surface area contributed by atoms with E-state index < -0.39 is 24.4 Å². The summed E-state index contributed by atoms with van der Waals surface area (Å²) in [6.07, 6.45) is -3.04. The maximum atomic E-state index is 10.9. The fraction of sp³-hybridized carbons (Fsp3) is 0.273. The van der Waals surface area contributed by atoms with Gasteiger partial charge in [0.1, 0.15) is 6.10 Å². The van der Waals surface area contributed by atoms with Crippen LogP contribution in [0.3, 0.4) is 0 Å². The maximum absolute atomic E-state index is 10.9. The van der Waals surface area contributed by atoms with Crippen molar-refractivity contribution in [1.29, 1.82) is 0 Å². The summed E-state index contributed by atoms with van der Waals surface area (Å²) in [5.41, 5.74) is 11.4. The maximum Gasteiger partial charge on any atom is 0.405 e. The van der Waals surface area contributed by atoms with E-state index in [1.165, 1.54) is 0 Å². The summed E-state index contributed by atoms with van der Waals surface area (Å²) in [7, 11) is 0. The summed E-state index contributed by atoms with van der Waals surface area (Å²) >= 11 is 6.03. The van der Waals surface area contributed by atoms with Gasteiger partial charge in [0, 0.05) is 17.0 Å². The second-order valence-corrected chi connectivity index (χ2v) is 4.25. The van der Waals surface area contributed by atoms with Crippen LogP contribution in [0.1, 0.15) is 17.2 Å². The van der Waals surface area contributed by atoms with Crippen LogP contribution in [-0.2, 0) is 15.9 Å². The third-order valence-electron chi connectivity index (χ3n) is 2.72. The molecule has 1 aromatic carbocycles. The zero-order valence-corrected chi connectivity index (χ0v) is 10.0. The van der Waals surface area contributed by atoms with Crippen LogP contribution in [0.5, 0.6) is 0 Å². The fourth-order valence-electron chi connectivity index (χ4n) is 2.08. The van der Waals surface area contributed by atoms with Crippen LogP contribution in [0.15, 0.2) is 18.2 Å². The van der Waals surface area contributed by atoms with E-state index in [4.69, 9.17) is 32.5 Å². The summed E-state index contributed by atoms with van der Waals surface area (Å²) in [6, 6.07) is 5.15. The lowest BCUT2D eigenvalue weighted by atomic mass is 10.1. The first-order valence-corrected chi connectivity index (χ1v) is 5.56. The number of rotatable bonds is 2. The molecule has 0 saturated heterocycles. The van der Waals surface area contributed by atoms with Crippen molar-refractivity contribution in [3.05, 3.63) is 34.3 Å². The predicted octanol–water partition coefficient (Wildman–Crippen LogP) is 1.50. The van der Waals surface area contributed by atoms with Crippen molar-refractivity contribution in [2.24, 2.45) is 11.5 Å². The van der Waals surface area contributed by atoms with Crippen molar-refractivity contribution in [2.45, 2.75) is 18.6 Å². The normalized spacial score (nSPS) is 21.2. The quantitative estimate of drug-likeness (QED) is 0.849. The Morgan fingerprint density at radius 3 is 2.50 bits per heavy atom. The molecule has 18 heavy (non-hydrogen) atoms. The third kappa shape index (κ3) is 2.33. The summed E-state index contributed by atoms with van der Waals surface area (Å²) in [6.45, 7) is 0. The smallest absolute Gasteiger partial charge is 0.405 e. The number of nitrogens with two attached hydrogens (primary N) is 2. The van der Waals surface area contributed by atoms with E-state index >= 15 is 0 Å². The lowest BCUT2D eigenvalue weighted by molar-refractivity contribution is 0.00574. The van der Waals surface area contributed by atoms with Gasteiger partial charge in [0.05, 0.1) is 0 Å². The lowest BCUT2D eigenvalue weighted by Gasteiger charge is -2.19. The Kier molecular flexibility index (Phi) is 3.29. The molecule has 0 saturated carbocycles. The van der Waals surface area contributed by atoms with Crippen LogP contribution in [0, 0.1) is 0 Å². The molecular weight excluding hydrogens is 260 g/mol. The Labute approximate surface area is 108 Å². The van der Waals surface area contributed by atoms with E-state index in [1.807, 2.05) is 0 Å². The highest BCUT2D eigenvalue weighted by atomic mass is 35.5. The van der Waals surface area contributed by atoms with Crippen molar-refractivity contribution < 1.29 is 19.1 Å². The average molecular weight is 271 g/mol. The first-order chi connectivity index (χ1) is 8.49. The highest BCUT2D eigenvalue weighted by Gasteiger charge is 2.38. The monoisotopic (exact) mass is 270 g/mol. The van der Waals surface area contributed by atoms with Gasteiger partial charge in [-0.1, -0.05) is 23.7 Å². The molecular formula is C11H11ClN2O4. The van der Waals surface area contributed by atoms with E-state index in [9.17, 15) is 9.59 Å². The second kappa shape index (κ2) is 4.73. The number of benzene rings is 1. The zero-order valence-electron chi connectivity index (χ0n) is 9.26. The largest absolute Gasteiger partial charge is 0.442 e. The Bertz CT molecular complexity index is 506. The number of hydrogen-bond acceptors (Lipinski definition) is 4. The number of hydrogen-bond donors (Lipinski definition) is 2. The molecule has 0 radical (unpaired) electrons. The molecule has 96 valence electrons. The van der Waals surface area contributed by atoms with Gasteiger partial charge in [-0.2, -0.15) is 0 Å². The van der Waals surface area contributed by atoms with Gasteiger partial charge < -0.3 is 20.9 Å². The number of carbonyl (C=O) groups excluding carboxylic acids is 2. The van der Waals surface area contributed by atoms with E-state index in [0.717, 1.165) is 5.56 Å². The SMILES string of the molecule is NC(=O)O[C@H]1Cc2c(Cl)cccc2[C@H]1OC(N)=O. The van der Waals surface area contributed by atoms with E-state index in [0.29, 0.717) is 17.0 Å². The molecule has 0 spiro atoms. The minimum Gasteiger partial charge on any atom is -0.442 e. The van der Waals surface area contributed by atoms with Gasteiger partial charge in [0.25, 0.3) is 0 Å². The Morgan fingerprint density at radius 1 is 1.22 bits per heavy atom. The summed E-state index contributed by atoms with van der Waals surface area (Å²) in [5.74, 6) is 0. The van der Waals surface area contributed by atoms with Crippen LogP contribution in [-0.4, -0.2) is 18.3 Å². The number of amides is 2. The molecule has 2 amide bonds. The first-order valence-electron chi connectivity index (χ1n) is 5.18. The first kappa shape index (κ1) is 12.5. The molecule has 4 N–H and O–H groups in total. The molecule has 0 aliphatic heterocycles. The lowest BCUT2D eigenvalue weighted by Crippen LogP contribution is -2.30. The van der Waals surface area contributed by atoms with Gasteiger partial charge in [-0.25, -0.2) is 9.59 Å². The van der Waals surface area contributed by atoms with Crippen molar-refractivity contribution >= 4 is 23.8 Å². The van der Waals surface area contributed by atoms with E-state index in [2.05, 4.69) is 0 Å². The van der Waals surface area contributed by atoms with Gasteiger partial charge in [0.2, 0.25) is 0 Å². The molecule has 7 heteroatoms. The summed E-state index contributed by atoms with van der Waals surface area (Å²) < 4.78 is 9.86. The molecule has 1 aromatic rings. The number of halogens is 1. The van der Waals surface area contributed by atoms with E-state index in [-0.39, 0.29) is 0 Å². The second-order valence-electron chi connectivity index (χ2n) is 3.84. The zero-order chi connectivity index (χ0) is 13.3. The number of carbonyl (C=O) groups is 2. The van der Waals surface area contributed by atoms with E-state index in [1.54, 1.807) is 18.2 Å². The molecule has 0 bridgehead atoms. The van der Waals surface area contributed by atoms with Crippen molar-refractivity contribution in [2.75, 3.05) is 0 Å². The van der Waals surface area contributed by atoms with Crippen LogP contribution < -0.4 is 11.5 Å². The number of ether oxygens (including phenoxy) is 2. The molecule has 1 aliphatic rings. The average Bonchev–Trinajstić information content (AvgIpc) is 2.58. The standard InChI is InChI=1S/C11H11ClN2O4/c12-7-3-1-2-5-6(7)4-8(17-10(13)15)9(5)18-11(14)16/h1-3,8-9H,4H2,(H2,13,15)(H2,14,16)/t8-,9+/m0/s1. The minimum atomic E-state index is -0.953. The van der Waals surface area contributed by atoms with Crippen LogP contribution in [0.25, 0.3) is 0 Å². The van der Waals surface area contributed by atoms with Crippen LogP contribution in [0.2, 0.25) is 5.02 Å². The molecule has 0 unspecified atom stereocenters. The molecule has 1 aliphatic carbocycles. The minimum absolute atomic E-state index is 0.329. The molecule has 2 atom stereocenters. The third-order valence-corrected chi connectivity index (χ3v) is 3.07. The predicted molar refractivity (Wildman–Crippen MR) is 63.0 cm³/mol. The van der Waals surface area contributed by atoms with Crippen molar-refractivity contribution in [3.8, 4) is 0 Å². The Hall–Kier alpha value is -1.95. The Morgan fingerprint density at radius 2 is 1.89 bits per heavy atom. The van der Waals surface area contributed by atoms with Gasteiger partial charge in [-0.3, -0.25) is 0 Å². The number of primary amides is 2. The topological polar surface area (TPSA) is 105 Å². The summed E-state index contributed by atoms with van der Waals surface area (Å²) in [5, 5.41) is 0.515. The highest BCUT2D eigenvalue weighted by molar-refractivity contribution is 6.31. The fourth-order valence-corrected chi connectivity index (χ4v) is 2.34. The Balaban J connectivity index is 2.34. The molecule has 0 heterocycles. The number of fused-ring (bicyclic) bond motifs is 1.